The molecule has 2 heterocycles. The standard InChI is InChI=1S/C22H27N3O4/c1-25(2)17-10-8-15(9-11-17)12-23-18-13-27-21-19(14-28-20(18)21)29-22(26)24-16-6-4-3-5-7-16/h3-11,18-21,23H,12-14H2,1-2H3,(H,24,26)/t18-,19+,20+,21+/m0/s1. The molecule has 29 heavy (non-hydrogen) atoms. The molecule has 0 bridgehead atoms. The highest BCUT2D eigenvalue weighted by atomic mass is 16.6. The molecule has 154 valence electrons. The topological polar surface area (TPSA) is 72.1 Å². The van der Waals surface area contributed by atoms with Crippen LogP contribution in [0, 0.1) is 0 Å². The van der Waals surface area contributed by atoms with Crippen LogP contribution in [0.15, 0.2) is 54.6 Å². The zero-order chi connectivity index (χ0) is 20.2. The van der Waals surface area contributed by atoms with Crippen molar-refractivity contribution in [2.24, 2.45) is 0 Å². The zero-order valence-corrected chi connectivity index (χ0v) is 16.7. The fourth-order valence-corrected chi connectivity index (χ4v) is 3.71. The van der Waals surface area contributed by atoms with E-state index in [1.165, 1.54) is 11.3 Å². The van der Waals surface area contributed by atoms with E-state index in [1.54, 1.807) is 0 Å². The van der Waals surface area contributed by atoms with Crippen LogP contribution in [-0.4, -0.2) is 57.8 Å². The Morgan fingerprint density at radius 2 is 1.76 bits per heavy atom. The maximum atomic E-state index is 12.2. The number of carbonyl (C=O) groups is 1. The van der Waals surface area contributed by atoms with Crippen LogP contribution >= 0.6 is 0 Å². The number of hydrogen-bond donors (Lipinski definition) is 2. The van der Waals surface area contributed by atoms with Gasteiger partial charge in [-0.05, 0) is 29.8 Å². The molecule has 7 nitrogen and oxygen atoms in total. The van der Waals surface area contributed by atoms with E-state index < -0.39 is 12.2 Å². The van der Waals surface area contributed by atoms with E-state index in [1.807, 2.05) is 44.4 Å². The maximum absolute atomic E-state index is 12.2. The lowest BCUT2D eigenvalue weighted by Gasteiger charge is -2.18. The first kappa shape index (κ1) is 19.7. The summed E-state index contributed by atoms with van der Waals surface area (Å²) in [5.41, 5.74) is 3.07. The summed E-state index contributed by atoms with van der Waals surface area (Å²) < 4.78 is 17.3. The van der Waals surface area contributed by atoms with E-state index in [0.29, 0.717) is 18.9 Å². The first-order valence-corrected chi connectivity index (χ1v) is 9.86. The third-order valence-electron chi connectivity index (χ3n) is 5.31. The molecule has 4 rings (SSSR count). The van der Waals surface area contributed by atoms with Crippen molar-refractivity contribution in [1.82, 2.24) is 5.32 Å². The smallest absolute Gasteiger partial charge is 0.412 e. The quantitative estimate of drug-likeness (QED) is 0.781. The predicted molar refractivity (Wildman–Crippen MR) is 111 cm³/mol. The van der Waals surface area contributed by atoms with E-state index in [-0.39, 0.29) is 18.2 Å². The fraction of sp³-hybridized carbons (Fsp3) is 0.409. The molecule has 0 aliphatic carbocycles. The van der Waals surface area contributed by atoms with Gasteiger partial charge >= 0.3 is 6.09 Å². The van der Waals surface area contributed by atoms with Crippen molar-refractivity contribution in [2.45, 2.75) is 30.9 Å². The largest absolute Gasteiger partial charge is 0.441 e. The Labute approximate surface area is 170 Å². The van der Waals surface area contributed by atoms with Crippen molar-refractivity contribution in [2.75, 3.05) is 37.5 Å². The monoisotopic (exact) mass is 397 g/mol. The summed E-state index contributed by atoms with van der Waals surface area (Å²) in [6.07, 6.45) is -1.27. The van der Waals surface area contributed by atoms with E-state index in [2.05, 4.69) is 39.8 Å². The second-order valence-electron chi connectivity index (χ2n) is 7.58. The Morgan fingerprint density at radius 1 is 1.03 bits per heavy atom. The van der Waals surface area contributed by atoms with Gasteiger partial charge in [0.15, 0.2) is 6.10 Å². The van der Waals surface area contributed by atoms with Gasteiger partial charge in [-0.15, -0.1) is 0 Å². The lowest BCUT2D eigenvalue weighted by atomic mass is 10.1. The molecule has 2 aromatic rings. The van der Waals surface area contributed by atoms with Gasteiger partial charge in [0.25, 0.3) is 0 Å². The molecule has 2 N–H and O–H groups in total. The minimum absolute atomic E-state index is 0.0688. The van der Waals surface area contributed by atoms with Crippen LogP contribution in [0.2, 0.25) is 0 Å². The van der Waals surface area contributed by atoms with Crippen molar-refractivity contribution in [1.29, 1.82) is 0 Å². The Balaban J connectivity index is 1.27. The van der Waals surface area contributed by atoms with E-state index in [4.69, 9.17) is 14.2 Å². The highest BCUT2D eigenvalue weighted by Gasteiger charge is 2.49. The summed E-state index contributed by atoms with van der Waals surface area (Å²) in [5, 5.41) is 6.24. The molecule has 0 aromatic heterocycles. The van der Waals surface area contributed by atoms with Crippen LogP contribution in [0.1, 0.15) is 5.56 Å². The Morgan fingerprint density at radius 3 is 2.48 bits per heavy atom. The van der Waals surface area contributed by atoms with Gasteiger partial charge in [0.1, 0.15) is 12.2 Å². The van der Waals surface area contributed by atoms with Gasteiger partial charge in [-0.1, -0.05) is 30.3 Å². The van der Waals surface area contributed by atoms with Crippen molar-refractivity contribution < 1.29 is 19.0 Å². The SMILES string of the molecule is CN(C)c1ccc(CN[C@H]2CO[C@H]3[C@@H]2OC[C@H]3OC(=O)Nc2ccccc2)cc1. The van der Waals surface area contributed by atoms with Gasteiger partial charge in [-0.2, -0.15) is 0 Å². The summed E-state index contributed by atoms with van der Waals surface area (Å²) in [7, 11) is 4.05. The van der Waals surface area contributed by atoms with Crippen LogP contribution in [0.25, 0.3) is 0 Å². The highest BCUT2D eigenvalue weighted by Crippen LogP contribution is 2.29. The van der Waals surface area contributed by atoms with E-state index in [0.717, 1.165) is 6.54 Å². The summed E-state index contributed by atoms with van der Waals surface area (Å²) in [6.45, 7) is 1.60. The normalized spacial score (nSPS) is 25.4. The summed E-state index contributed by atoms with van der Waals surface area (Å²) in [4.78, 5) is 14.2. The molecule has 2 aliphatic heterocycles. The maximum Gasteiger partial charge on any atom is 0.412 e. The summed E-state index contributed by atoms with van der Waals surface area (Å²) in [6, 6.07) is 17.7. The molecule has 7 heteroatoms. The molecule has 4 atom stereocenters. The second kappa shape index (κ2) is 8.82. The summed E-state index contributed by atoms with van der Waals surface area (Å²) >= 11 is 0. The number of fused-ring (bicyclic) bond motifs is 1. The molecule has 0 unspecified atom stereocenters. The minimum atomic E-state index is -0.494. The molecule has 2 aliphatic rings. The van der Waals surface area contributed by atoms with Gasteiger partial charge in [0, 0.05) is 32.0 Å². The number of benzene rings is 2. The number of ether oxygens (including phenoxy) is 3. The third-order valence-corrected chi connectivity index (χ3v) is 5.31. The molecule has 2 aromatic carbocycles. The van der Waals surface area contributed by atoms with Crippen LogP contribution < -0.4 is 15.5 Å². The minimum Gasteiger partial charge on any atom is -0.441 e. The Bertz CT molecular complexity index is 813. The van der Waals surface area contributed by atoms with Crippen molar-refractivity contribution in [3.8, 4) is 0 Å². The average molecular weight is 397 g/mol. The van der Waals surface area contributed by atoms with Crippen LogP contribution in [-0.2, 0) is 20.8 Å². The third kappa shape index (κ3) is 4.70. The molecule has 0 radical (unpaired) electrons. The molecule has 1 amide bonds. The first-order chi connectivity index (χ1) is 14.1. The van der Waals surface area contributed by atoms with Crippen molar-refractivity contribution in [3.63, 3.8) is 0 Å². The molecular formula is C22H27N3O4. The lowest BCUT2D eigenvalue weighted by molar-refractivity contribution is 0.00854. The van der Waals surface area contributed by atoms with E-state index >= 15 is 0 Å². The van der Waals surface area contributed by atoms with Crippen molar-refractivity contribution in [3.05, 3.63) is 60.2 Å². The molecule has 0 saturated carbocycles. The Kier molecular flexibility index (Phi) is 5.99. The number of para-hydroxylation sites is 1. The predicted octanol–water partition coefficient (Wildman–Crippen LogP) is 2.63. The molecule has 2 saturated heterocycles. The fourth-order valence-electron chi connectivity index (χ4n) is 3.71. The van der Waals surface area contributed by atoms with Gasteiger partial charge in [-0.25, -0.2) is 4.79 Å². The molecule has 2 fully saturated rings. The summed E-state index contributed by atoms with van der Waals surface area (Å²) in [5.74, 6) is 0. The van der Waals surface area contributed by atoms with Crippen molar-refractivity contribution >= 4 is 17.5 Å². The highest BCUT2D eigenvalue weighted by molar-refractivity contribution is 5.84. The number of carbonyl (C=O) groups excluding carboxylic acids is 1. The van der Waals surface area contributed by atoms with Crippen LogP contribution in [0.4, 0.5) is 16.2 Å². The first-order valence-electron chi connectivity index (χ1n) is 9.86. The Hall–Kier alpha value is -2.61. The number of rotatable bonds is 6. The van der Waals surface area contributed by atoms with Gasteiger partial charge in [0.05, 0.1) is 19.3 Å². The second-order valence-corrected chi connectivity index (χ2v) is 7.58. The van der Waals surface area contributed by atoms with E-state index in [9.17, 15) is 4.79 Å². The molecular weight excluding hydrogens is 370 g/mol. The van der Waals surface area contributed by atoms with Gasteiger partial charge < -0.3 is 24.4 Å². The van der Waals surface area contributed by atoms with Gasteiger partial charge in [0.2, 0.25) is 0 Å². The number of amides is 1. The van der Waals surface area contributed by atoms with Crippen LogP contribution in [0.5, 0.6) is 0 Å². The van der Waals surface area contributed by atoms with Crippen LogP contribution in [0.3, 0.4) is 0 Å². The number of anilines is 2. The van der Waals surface area contributed by atoms with Gasteiger partial charge in [-0.3, -0.25) is 5.32 Å². The lowest BCUT2D eigenvalue weighted by Crippen LogP contribution is -2.41. The number of nitrogens with zero attached hydrogens (tertiary/aromatic N) is 1. The zero-order valence-electron chi connectivity index (χ0n) is 16.7. The number of hydrogen-bond acceptors (Lipinski definition) is 6. The average Bonchev–Trinajstić information content (AvgIpc) is 3.30. The molecule has 0 spiro atoms. The number of nitrogens with one attached hydrogen (secondary N) is 2.